The van der Waals surface area contributed by atoms with Crippen molar-refractivity contribution < 1.29 is 19.1 Å². The molecule has 144 valence electrons. The minimum absolute atomic E-state index is 0.0230. The molecule has 0 unspecified atom stereocenters. The van der Waals surface area contributed by atoms with Crippen molar-refractivity contribution in [1.29, 1.82) is 0 Å². The average molecular weight is 384 g/mol. The Labute approximate surface area is 158 Å². The molecule has 11 heteroatoms. The number of nitrogens with zero attached hydrogens (tertiary/aromatic N) is 4. The molecule has 0 spiro atoms. The molecule has 0 atom stereocenters. The van der Waals surface area contributed by atoms with Crippen LogP contribution in [0.5, 0.6) is 11.5 Å². The number of anilines is 2. The van der Waals surface area contributed by atoms with E-state index in [1.54, 1.807) is 0 Å². The Morgan fingerprint density at radius 2 is 2.04 bits per heavy atom. The van der Waals surface area contributed by atoms with E-state index in [9.17, 15) is 14.4 Å². The van der Waals surface area contributed by atoms with Crippen molar-refractivity contribution >= 4 is 35.0 Å². The van der Waals surface area contributed by atoms with Gasteiger partial charge in [0, 0.05) is 19.4 Å². The Hall–Kier alpha value is -4.02. The molecule has 28 heavy (non-hydrogen) atoms. The highest BCUT2D eigenvalue weighted by Gasteiger charge is 2.18. The van der Waals surface area contributed by atoms with Gasteiger partial charge >= 0.3 is 0 Å². The van der Waals surface area contributed by atoms with Gasteiger partial charge in [-0.1, -0.05) is 0 Å². The lowest BCUT2D eigenvalue weighted by Crippen LogP contribution is -2.25. The van der Waals surface area contributed by atoms with Crippen LogP contribution in [0.1, 0.15) is 10.4 Å². The highest BCUT2D eigenvalue weighted by molar-refractivity contribution is 6.03. The first-order chi connectivity index (χ1) is 13.5. The fourth-order valence-corrected chi connectivity index (χ4v) is 2.47. The number of carbonyl (C=O) groups excluding carboxylic acids is 2. The Balaban J connectivity index is 2.08. The zero-order chi connectivity index (χ0) is 20.3. The molecule has 0 radical (unpaired) electrons. The molecular formula is C17H16N6O5. The van der Waals surface area contributed by atoms with E-state index >= 15 is 0 Å². The van der Waals surface area contributed by atoms with Crippen LogP contribution in [0.3, 0.4) is 0 Å². The summed E-state index contributed by atoms with van der Waals surface area (Å²) in [5.41, 5.74) is 5.32. The van der Waals surface area contributed by atoms with Gasteiger partial charge in [0.1, 0.15) is 12.1 Å². The largest absolute Gasteiger partial charge is 0.491 e. The van der Waals surface area contributed by atoms with E-state index in [1.807, 2.05) is 0 Å². The van der Waals surface area contributed by atoms with Crippen LogP contribution in [-0.2, 0) is 11.8 Å². The van der Waals surface area contributed by atoms with E-state index < -0.39 is 11.5 Å². The fourth-order valence-electron chi connectivity index (χ4n) is 2.47. The number of benzene rings is 1. The minimum atomic E-state index is -0.575. The SMILES string of the molecule is COc1c(OCC=O)ccc2c(=O)n(C)c(NC(=O)c3cnc(N)nc3)nc12. The number of carbonyl (C=O) groups is 2. The van der Waals surface area contributed by atoms with Crippen LogP contribution in [0.2, 0.25) is 0 Å². The zero-order valence-electron chi connectivity index (χ0n) is 15.0. The van der Waals surface area contributed by atoms with Crippen LogP contribution in [0.4, 0.5) is 11.9 Å². The molecule has 3 aromatic rings. The molecule has 0 aliphatic heterocycles. The number of rotatable bonds is 6. The van der Waals surface area contributed by atoms with Crippen molar-refractivity contribution in [3.63, 3.8) is 0 Å². The summed E-state index contributed by atoms with van der Waals surface area (Å²) >= 11 is 0. The van der Waals surface area contributed by atoms with E-state index in [0.29, 0.717) is 6.29 Å². The maximum Gasteiger partial charge on any atom is 0.262 e. The molecule has 11 nitrogen and oxygen atoms in total. The van der Waals surface area contributed by atoms with Gasteiger partial charge < -0.3 is 15.2 Å². The number of aromatic nitrogens is 4. The second kappa shape index (κ2) is 7.70. The van der Waals surface area contributed by atoms with Gasteiger partial charge in [-0.3, -0.25) is 24.3 Å². The van der Waals surface area contributed by atoms with E-state index in [-0.39, 0.29) is 46.5 Å². The first-order valence-electron chi connectivity index (χ1n) is 7.99. The molecule has 2 heterocycles. The highest BCUT2D eigenvalue weighted by atomic mass is 16.5. The first kappa shape index (κ1) is 18.8. The summed E-state index contributed by atoms with van der Waals surface area (Å²) in [7, 11) is 2.85. The number of hydrogen-bond acceptors (Lipinski definition) is 9. The molecule has 3 N–H and O–H groups in total. The Kier molecular flexibility index (Phi) is 5.16. The maximum absolute atomic E-state index is 12.7. The molecule has 2 aromatic heterocycles. The number of amides is 1. The third-order valence-electron chi connectivity index (χ3n) is 3.84. The van der Waals surface area contributed by atoms with Crippen LogP contribution in [0, 0.1) is 0 Å². The number of aldehydes is 1. The number of nitrogen functional groups attached to an aromatic ring is 1. The van der Waals surface area contributed by atoms with Gasteiger partial charge in [-0.2, -0.15) is 0 Å². The summed E-state index contributed by atoms with van der Waals surface area (Å²) in [5.74, 6) is -0.157. The summed E-state index contributed by atoms with van der Waals surface area (Å²) in [6, 6.07) is 3.02. The predicted molar refractivity (Wildman–Crippen MR) is 99.5 cm³/mol. The van der Waals surface area contributed by atoms with Crippen LogP contribution in [0.25, 0.3) is 10.9 Å². The van der Waals surface area contributed by atoms with Crippen molar-refractivity contribution in [3.05, 3.63) is 40.4 Å². The lowest BCUT2D eigenvalue weighted by molar-refractivity contribution is -0.109. The van der Waals surface area contributed by atoms with Gasteiger partial charge in [0.2, 0.25) is 11.9 Å². The van der Waals surface area contributed by atoms with Crippen molar-refractivity contribution in [3.8, 4) is 11.5 Å². The van der Waals surface area contributed by atoms with Gasteiger partial charge in [-0.25, -0.2) is 15.0 Å². The Morgan fingerprint density at radius 1 is 1.32 bits per heavy atom. The highest BCUT2D eigenvalue weighted by Crippen LogP contribution is 2.33. The maximum atomic E-state index is 12.7. The van der Waals surface area contributed by atoms with Crippen LogP contribution < -0.4 is 26.1 Å². The standard InChI is InChI=1S/C17H16N6O5/c1-23-15(26)10-3-4-11(28-6-5-24)13(27-2)12(10)21-17(23)22-14(25)9-7-19-16(18)20-8-9/h3-5,7-8H,6H2,1-2H3,(H2,18,19,20)(H,21,22,25). The molecule has 0 aliphatic rings. The molecule has 0 saturated carbocycles. The monoisotopic (exact) mass is 384 g/mol. The van der Waals surface area contributed by atoms with Crippen LogP contribution >= 0.6 is 0 Å². The molecule has 0 fully saturated rings. The van der Waals surface area contributed by atoms with E-state index in [1.165, 1.54) is 43.3 Å². The number of nitrogens with one attached hydrogen (secondary N) is 1. The molecule has 0 bridgehead atoms. The first-order valence-corrected chi connectivity index (χ1v) is 7.99. The molecule has 1 amide bonds. The number of ether oxygens (including phenoxy) is 2. The number of methoxy groups -OCH3 is 1. The van der Waals surface area contributed by atoms with Crippen molar-refractivity contribution in [1.82, 2.24) is 19.5 Å². The summed E-state index contributed by atoms with van der Waals surface area (Å²) in [6.07, 6.45) is 3.09. The molecule has 1 aromatic carbocycles. The Bertz CT molecular complexity index is 1110. The third kappa shape index (κ3) is 3.45. The van der Waals surface area contributed by atoms with E-state index in [4.69, 9.17) is 15.2 Å². The van der Waals surface area contributed by atoms with Gasteiger partial charge in [-0.05, 0) is 12.1 Å². The predicted octanol–water partition coefficient (Wildman–Crippen LogP) is 0.144. The summed E-state index contributed by atoms with van der Waals surface area (Å²) in [4.78, 5) is 47.5. The van der Waals surface area contributed by atoms with E-state index in [0.717, 1.165) is 0 Å². The average Bonchev–Trinajstić information content (AvgIpc) is 2.70. The van der Waals surface area contributed by atoms with Gasteiger partial charge in [0.15, 0.2) is 17.8 Å². The molecule has 0 saturated heterocycles. The number of nitrogens with two attached hydrogens (primary N) is 1. The zero-order valence-corrected chi connectivity index (χ0v) is 15.0. The summed E-state index contributed by atoms with van der Waals surface area (Å²) in [5, 5.41) is 2.79. The minimum Gasteiger partial charge on any atom is -0.491 e. The smallest absolute Gasteiger partial charge is 0.262 e. The summed E-state index contributed by atoms with van der Waals surface area (Å²) < 4.78 is 11.8. The lowest BCUT2D eigenvalue weighted by Gasteiger charge is -2.14. The number of fused-ring (bicyclic) bond motifs is 1. The topological polar surface area (TPSA) is 151 Å². The lowest BCUT2D eigenvalue weighted by atomic mass is 10.2. The molecule has 3 rings (SSSR count). The normalized spacial score (nSPS) is 10.5. The van der Waals surface area contributed by atoms with Gasteiger partial charge in [-0.15, -0.1) is 0 Å². The fraction of sp³-hybridized carbons (Fsp3) is 0.176. The third-order valence-corrected chi connectivity index (χ3v) is 3.84. The van der Waals surface area contributed by atoms with Gasteiger partial charge in [0.05, 0.1) is 18.1 Å². The van der Waals surface area contributed by atoms with Crippen LogP contribution in [0.15, 0.2) is 29.3 Å². The van der Waals surface area contributed by atoms with Crippen molar-refractivity contribution in [2.45, 2.75) is 0 Å². The van der Waals surface area contributed by atoms with Crippen LogP contribution in [-0.4, -0.2) is 45.4 Å². The van der Waals surface area contributed by atoms with Gasteiger partial charge in [0.25, 0.3) is 11.5 Å². The second-order valence-electron chi connectivity index (χ2n) is 5.55. The van der Waals surface area contributed by atoms with E-state index in [2.05, 4.69) is 20.3 Å². The molecule has 0 aliphatic carbocycles. The summed E-state index contributed by atoms with van der Waals surface area (Å²) in [6.45, 7) is -0.187. The van der Waals surface area contributed by atoms with Crippen molar-refractivity contribution in [2.75, 3.05) is 24.8 Å². The number of hydrogen-bond donors (Lipinski definition) is 2. The quantitative estimate of drug-likeness (QED) is 0.565. The second-order valence-corrected chi connectivity index (χ2v) is 5.55. The van der Waals surface area contributed by atoms with Crippen molar-refractivity contribution in [2.24, 2.45) is 7.05 Å². The molecular weight excluding hydrogens is 368 g/mol. The Morgan fingerprint density at radius 3 is 2.68 bits per heavy atom.